The van der Waals surface area contributed by atoms with E-state index in [4.69, 9.17) is 4.74 Å². The molecule has 3 N–H and O–H groups in total. The van der Waals surface area contributed by atoms with Crippen LogP contribution in [0.5, 0.6) is 5.75 Å². The smallest absolute Gasteiger partial charge is 0.315 e. The van der Waals surface area contributed by atoms with Gasteiger partial charge in [-0.1, -0.05) is 30.3 Å². The van der Waals surface area contributed by atoms with Crippen LogP contribution in [0.4, 0.5) is 9.18 Å². The Morgan fingerprint density at radius 1 is 1.12 bits per heavy atom. The highest BCUT2D eigenvalue weighted by Crippen LogP contribution is 2.12. The van der Waals surface area contributed by atoms with Crippen LogP contribution in [0.3, 0.4) is 0 Å². The summed E-state index contributed by atoms with van der Waals surface area (Å²) in [7, 11) is 0. The molecular weight excluding hydrogens is 311 g/mol. The van der Waals surface area contributed by atoms with E-state index in [1.54, 1.807) is 12.1 Å². The van der Waals surface area contributed by atoms with Crippen molar-refractivity contribution in [2.45, 2.75) is 12.5 Å². The number of hydrogen-bond acceptors (Lipinski definition) is 3. The van der Waals surface area contributed by atoms with E-state index in [0.717, 1.165) is 5.56 Å². The number of benzene rings is 2. The summed E-state index contributed by atoms with van der Waals surface area (Å²) in [5, 5.41) is 14.8. The Labute approximate surface area is 140 Å². The van der Waals surface area contributed by atoms with E-state index in [9.17, 15) is 14.3 Å². The van der Waals surface area contributed by atoms with Crippen LogP contribution in [0.25, 0.3) is 0 Å². The third kappa shape index (κ3) is 5.89. The fourth-order valence-corrected chi connectivity index (χ4v) is 2.12. The van der Waals surface area contributed by atoms with Gasteiger partial charge in [-0.3, -0.25) is 0 Å². The molecule has 0 aliphatic heterocycles. The van der Waals surface area contributed by atoms with Crippen molar-refractivity contribution in [3.05, 3.63) is 66.0 Å². The van der Waals surface area contributed by atoms with Crippen molar-refractivity contribution in [1.82, 2.24) is 10.6 Å². The zero-order chi connectivity index (χ0) is 17.2. The minimum Gasteiger partial charge on any atom is -0.494 e. The third-order valence-electron chi connectivity index (χ3n) is 3.38. The zero-order valence-corrected chi connectivity index (χ0v) is 13.2. The zero-order valence-electron chi connectivity index (χ0n) is 13.2. The molecule has 0 saturated carbocycles. The first-order valence-electron chi connectivity index (χ1n) is 7.77. The van der Waals surface area contributed by atoms with Gasteiger partial charge >= 0.3 is 6.03 Å². The number of aliphatic hydroxyl groups is 1. The fourth-order valence-electron chi connectivity index (χ4n) is 2.12. The Balaban J connectivity index is 1.65. The molecule has 0 unspecified atom stereocenters. The van der Waals surface area contributed by atoms with Gasteiger partial charge in [-0.15, -0.1) is 0 Å². The maximum atomic E-state index is 12.7. The molecule has 2 aromatic rings. The van der Waals surface area contributed by atoms with Crippen LogP contribution in [0.2, 0.25) is 0 Å². The Hall–Kier alpha value is -2.60. The van der Waals surface area contributed by atoms with E-state index in [1.165, 1.54) is 12.1 Å². The predicted octanol–water partition coefficient (Wildman–Crippen LogP) is 2.63. The average Bonchev–Trinajstić information content (AvgIpc) is 2.61. The first kappa shape index (κ1) is 17.7. The summed E-state index contributed by atoms with van der Waals surface area (Å²) in [5.74, 6) is 0.280. The van der Waals surface area contributed by atoms with Crippen molar-refractivity contribution in [3.8, 4) is 5.75 Å². The van der Waals surface area contributed by atoms with Gasteiger partial charge in [-0.05, 0) is 36.2 Å². The van der Waals surface area contributed by atoms with Crippen molar-refractivity contribution in [1.29, 1.82) is 0 Å². The molecule has 0 aliphatic rings. The van der Waals surface area contributed by atoms with Crippen LogP contribution in [-0.2, 0) is 0 Å². The van der Waals surface area contributed by atoms with Crippen LogP contribution in [0.15, 0.2) is 54.6 Å². The molecule has 2 aromatic carbocycles. The van der Waals surface area contributed by atoms with Gasteiger partial charge < -0.3 is 20.5 Å². The maximum absolute atomic E-state index is 12.7. The van der Waals surface area contributed by atoms with Crippen molar-refractivity contribution < 1.29 is 19.0 Å². The number of rotatable bonds is 8. The summed E-state index contributed by atoms with van der Waals surface area (Å²) < 4.78 is 18.2. The summed E-state index contributed by atoms with van der Waals surface area (Å²) in [5.41, 5.74) is 0.842. The van der Waals surface area contributed by atoms with Gasteiger partial charge in [0.15, 0.2) is 0 Å². The molecule has 0 saturated heterocycles. The number of aliphatic hydroxyl groups excluding tert-OH is 1. The average molecular weight is 332 g/mol. The summed E-state index contributed by atoms with van der Waals surface area (Å²) in [6.45, 7) is 0.666. The molecule has 0 aliphatic carbocycles. The molecule has 0 spiro atoms. The SMILES string of the molecule is O=C(NCCCOc1ccc(F)cc1)N[C@H](CO)c1ccccc1. The lowest BCUT2D eigenvalue weighted by Gasteiger charge is -2.17. The number of ether oxygens (including phenoxy) is 1. The third-order valence-corrected chi connectivity index (χ3v) is 3.38. The van der Waals surface area contributed by atoms with E-state index in [1.807, 2.05) is 30.3 Å². The highest BCUT2D eigenvalue weighted by Gasteiger charge is 2.12. The van der Waals surface area contributed by atoms with E-state index in [0.29, 0.717) is 25.3 Å². The molecule has 0 bridgehead atoms. The number of halogens is 1. The van der Waals surface area contributed by atoms with Gasteiger partial charge in [0.1, 0.15) is 11.6 Å². The second kappa shape index (κ2) is 9.52. The lowest BCUT2D eigenvalue weighted by molar-refractivity contribution is 0.216. The minimum atomic E-state index is -0.443. The van der Waals surface area contributed by atoms with Crippen molar-refractivity contribution >= 4 is 6.03 Å². The fraction of sp³-hybridized carbons (Fsp3) is 0.278. The lowest BCUT2D eigenvalue weighted by atomic mass is 10.1. The molecular formula is C18H21FN2O3. The molecule has 0 heterocycles. The monoisotopic (exact) mass is 332 g/mol. The number of urea groups is 1. The highest BCUT2D eigenvalue weighted by molar-refractivity contribution is 5.74. The van der Waals surface area contributed by atoms with E-state index < -0.39 is 6.04 Å². The van der Waals surface area contributed by atoms with Crippen molar-refractivity contribution in [2.24, 2.45) is 0 Å². The van der Waals surface area contributed by atoms with Gasteiger partial charge in [0, 0.05) is 6.54 Å². The van der Waals surface area contributed by atoms with Crippen LogP contribution >= 0.6 is 0 Å². The minimum absolute atomic E-state index is 0.175. The molecule has 0 radical (unpaired) electrons. The Morgan fingerprint density at radius 3 is 2.50 bits per heavy atom. The van der Waals surface area contributed by atoms with Crippen molar-refractivity contribution in [2.75, 3.05) is 19.8 Å². The topological polar surface area (TPSA) is 70.6 Å². The molecule has 0 fully saturated rings. The molecule has 2 amide bonds. The Bertz CT molecular complexity index is 620. The van der Waals surface area contributed by atoms with Crippen LogP contribution in [-0.4, -0.2) is 30.9 Å². The Morgan fingerprint density at radius 2 is 1.83 bits per heavy atom. The second-order valence-corrected chi connectivity index (χ2v) is 5.20. The molecule has 1 atom stereocenters. The van der Waals surface area contributed by atoms with Crippen LogP contribution in [0.1, 0.15) is 18.0 Å². The van der Waals surface area contributed by atoms with Gasteiger partial charge in [0.05, 0.1) is 19.3 Å². The van der Waals surface area contributed by atoms with Gasteiger partial charge in [-0.2, -0.15) is 0 Å². The molecule has 2 rings (SSSR count). The van der Waals surface area contributed by atoms with Crippen molar-refractivity contribution in [3.63, 3.8) is 0 Å². The number of carbonyl (C=O) groups excluding carboxylic acids is 1. The largest absolute Gasteiger partial charge is 0.494 e. The first-order chi connectivity index (χ1) is 11.7. The molecule has 6 heteroatoms. The molecule has 24 heavy (non-hydrogen) atoms. The predicted molar refractivity (Wildman–Crippen MR) is 89.3 cm³/mol. The van der Waals surface area contributed by atoms with Crippen LogP contribution in [0, 0.1) is 5.82 Å². The molecule has 0 aromatic heterocycles. The van der Waals surface area contributed by atoms with Gasteiger partial charge in [0.2, 0.25) is 0 Å². The van der Waals surface area contributed by atoms with Gasteiger partial charge in [-0.25, -0.2) is 9.18 Å². The van der Waals surface area contributed by atoms with E-state index in [2.05, 4.69) is 10.6 Å². The summed E-state index contributed by atoms with van der Waals surface area (Å²) >= 11 is 0. The number of nitrogens with one attached hydrogen (secondary N) is 2. The summed E-state index contributed by atoms with van der Waals surface area (Å²) in [6, 6.07) is 14.3. The number of amides is 2. The standard InChI is InChI=1S/C18H21FN2O3/c19-15-7-9-16(10-8-15)24-12-4-11-20-18(23)21-17(13-22)14-5-2-1-3-6-14/h1-3,5-10,17,22H,4,11-13H2,(H2,20,21,23)/t17-/m1/s1. The highest BCUT2D eigenvalue weighted by atomic mass is 19.1. The maximum Gasteiger partial charge on any atom is 0.315 e. The van der Waals surface area contributed by atoms with E-state index in [-0.39, 0.29) is 18.5 Å². The van der Waals surface area contributed by atoms with E-state index >= 15 is 0 Å². The summed E-state index contributed by atoms with van der Waals surface area (Å²) in [4.78, 5) is 11.8. The van der Waals surface area contributed by atoms with Gasteiger partial charge in [0.25, 0.3) is 0 Å². The Kier molecular flexibility index (Phi) is 7.04. The number of hydrogen-bond donors (Lipinski definition) is 3. The molecule has 5 nitrogen and oxygen atoms in total. The quantitative estimate of drug-likeness (QED) is 0.651. The normalized spacial score (nSPS) is 11.6. The summed E-state index contributed by atoms with van der Waals surface area (Å²) in [6.07, 6.45) is 0.611. The second-order valence-electron chi connectivity index (χ2n) is 5.20. The van der Waals surface area contributed by atoms with Crippen LogP contribution < -0.4 is 15.4 Å². The lowest BCUT2D eigenvalue weighted by Crippen LogP contribution is -2.39. The number of carbonyl (C=O) groups is 1. The molecule has 128 valence electrons. The first-order valence-corrected chi connectivity index (χ1v) is 7.77.